The highest BCUT2D eigenvalue weighted by Crippen LogP contribution is 2.30. The van der Waals surface area contributed by atoms with Gasteiger partial charge in [0.2, 0.25) is 5.91 Å². The largest absolute Gasteiger partial charge is 0.326 e. The topological polar surface area (TPSA) is 75.3 Å². The second-order valence-electron chi connectivity index (χ2n) is 4.77. The molecule has 22 heavy (non-hydrogen) atoms. The summed E-state index contributed by atoms with van der Waals surface area (Å²) in [4.78, 5) is 11.4. The summed E-state index contributed by atoms with van der Waals surface area (Å²) >= 11 is 9.28. The average molecular weight is 402 g/mol. The number of nitrogens with one attached hydrogen (secondary N) is 2. The smallest absolute Gasteiger partial charge is 0.261 e. The standard InChI is InChI=1S/C14H10BrClN2O3S/c15-9-1-3-13(11(16)7-9)18-22(20,21)10-2-4-12-8(5-10)6-14(19)17-12/h1-5,7,18H,6H2,(H,17,19). The van der Waals surface area contributed by atoms with E-state index in [4.69, 9.17) is 11.6 Å². The van der Waals surface area contributed by atoms with Crippen LogP contribution in [-0.2, 0) is 21.2 Å². The minimum absolute atomic E-state index is 0.0849. The van der Waals surface area contributed by atoms with E-state index in [-0.39, 0.29) is 22.2 Å². The molecule has 2 aromatic carbocycles. The molecule has 0 saturated heterocycles. The number of carbonyl (C=O) groups is 1. The van der Waals surface area contributed by atoms with Crippen molar-refractivity contribution in [1.82, 2.24) is 0 Å². The molecule has 5 nitrogen and oxygen atoms in total. The van der Waals surface area contributed by atoms with Crippen LogP contribution in [0.3, 0.4) is 0 Å². The van der Waals surface area contributed by atoms with E-state index in [9.17, 15) is 13.2 Å². The predicted molar refractivity (Wildman–Crippen MR) is 88.7 cm³/mol. The van der Waals surface area contributed by atoms with Gasteiger partial charge in [0.25, 0.3) is 10.0 Å². The van der Waals surface area contributed by atoms with E-state index in [1.165, 1.54) is 12.1 Å². The van der Waals surface area contributed by atoms with Gasteiger partial charge >= 0.3 is 0 Å². The van der Waals surface area contributed by atoms with Crippen LogP contribution in [0.25, 0.3) is 0 Å². The molecule has 3 rings (SSSR count). The van der Waals surface area contributed by atoms with Crippen LogP contribution >= 0.6 is 27.5 Å². The summed E-state index contributed by atoms with van der Waals surface area (Å²) in [5.74, 6) is -0.145. The Labute approximate surface area is 140 Å². The monoisotopic (exact) mass is 400 g/mol. The van der Waals surface area contributed by atoms with Gasteiger partial charge in [0.15, 0.2) is 0 Å². The van der Waals surface area contributed by atoms with Crippen molar-refractivity contribution in [2.75, 3.05) is 10.0 Å². The normalized spacial score (nSPS) is 13.6. The summed E-state index contributed by atoms with van der Waals surface area (Å²) in [6, 6.07) is 9.38. The predicted octanol–water partition coefficient (Wildman–Crippen LogP) is 3.40. The van der Waals surface area contributed by atoms with Crippen molar-refractivity contribution in [2.45, 2.75) is 11.3 Å². The summed E-state index contributed by atoms with van der Waals surface area (Å²) in [6.45, 7) is 0. The lowest BCUT2D eigenvalue weighted by Crippen LogP contribution is -2.13. The van der Waals surface area contributed by atoms with Crippen LogP contribution in [0.5, 0.6) is 0 Å². The van der Waals surface area contributed by atoms with E-state index in [0.717, 1.165) is 4.47 Å². The fraction of sp³-hybridized carbons (Fsp3) is 0.0714. The van der Waals surface area contributed by atoms with Gasteiger partial charge in [-0.15, -0.1) is 0 Å². The minimum atomic E-state index is -3.78. The van der Waals surface area contributed by atoms with E-state index in [1.807, 2.05) is 0 Å². The first kappa shape index (κ1) is 15.3. The van der Waals surface area contributed by atoms with E-state index in [1.54, 1.807) is 24.3 Å². The third-order valence-corrected chi connectivity index (χ3v) is 5.36. The summed E-state index contributed by atoms with van der Waals surface area (Å²) in [6.07, 6.45) is 0.178. The maximum Gasteiger partial charge on any atom is 0.261 e. The molecular weight excluding hydrogens is 392 g/mol. The molecular formula is C14H10BrClN2O3S. The molecule has 1 aliphatic rings. The lowest BCUT2D eigenvalue weighted by molar-refractivity contribution is -0.115. The molecule has 2 N–H and O–H groups in total. The van der Waals surface area contributed by atoms with Gasteiger partial charge in [0, 0.05) is 10.2 Å². The zero-order valence-corrected chi connectivity index (χ0v) is 14.2. The second-order valence-corrected chi connectivity index (χ2v) is 7.78. The van der Waals surface area contributed by atoms with Gasteiger partial charge < -0.3 is 5.32 Å². The molecule has 1 aliphatic heterocycles. The van der Waals surface area contributed by atoms with Crippen molar-refractivity contribution in [1.29, 1.82) is 0 Å². The molecule has 0 aromatic heterocycles. The Kier molecular flexibility index (Phi) is 3.88. The summed E-state index contributed by atoms with van der Waals surface area (Å²) in [5.41, 5.74) is 1.60. The first-order valence-corrected chi connectivity index (χ1v) is 8.91. The van der Waals surface area contributed by atoms with Gasteiger partial charge in [-0.3, -0.25) is 9.52 Å². The molecule has 0 unspecified atom stereocenters. The van der Waals surface area contributed by atoms with E-state index < -0.39 is 10.0 Å². The van der Waals surface area contributed by atoms with Crippen LogP contribution in [0.15, 0.2) is 45.8 Å². The SMILES string of the molecule is O=C1Cc2cc(S(=O)(=O)Nc3ccc(Br)cc3Cl)ccc2N1. The number of amides is 1. The molecule has 0 aliphatic carbocycles. The quantitative estimate of drug-likeness (QED) is 0.828. The van der Waals surface area contributed by atoms with Gasteiger partial charge in [-0.1, -0.05) is 27.5 Å². The molecule has 0 atom stereocenters. The van der Waals surface area contributed by atoms with Crippen LogP contribution < -0.4 is 10.0 Å². The van der Waals surface area contributed by atoms with E-state index in [2.05, 4.69) is 26.0 Å². The number of carbonyl (C=O) groups excluding carboxylic acids is 1. The summed E-state index contributed by atoms with van der Waals surface area (Å²) in [7, 11) is -3.78. The van der Waals surface area contributed by atoms with Crippen molar-refractivity contribution in [3.05, 3.63) is 51.5 Å². The Balaban J connectivity index is 1.94. The molecule has 0 radical (unpaired) electrons. The highest BCUT2D eigenvalue weighted by Gasteiger charge is 2.22. The zero-order valence-electron chi connectivity index (χ0n) is 11.1. The third kappa shape index (κ3) is 2.97. The van der Waals surface area contributed by atoms with Gasteiger partial charge in [0.05, 0.1) is 22.0 Å². The van der Waals surface area contributed by atoms with Crippen LogP contribution in [-0.4, -0.2) is 14.3 Å². The molecule has 1 heterocycles. The number of hydrogen-bond donors (Lipinski definition) is 2. The average Bonchev–Trinajstić information content (AvgIpc) is 2.81. The third-order valence-electron chi connectivity index (χ3n) is 3.19. The van der Waals surface area contributed by atoms with Crippen molar-refractivity contribution in [3.63, 3.8) is 0 Å². The molecule has 0 fully saturated rings. The summed E-state index contributed by atoms with van der Waals surface area (Å²) < 4.78 is 28.1. The fourth-order valence-corrected chi connectivity index (χ4v) is 4.06. The maximum atomic E-state index is 12.4. The maximum absolute atomic E-state index is 12.4. The van der Waals surface area contributed by atoms with E-state index >= 15 is 0 Å². The molecule has 114 valence electrons. The molecule has 0 bridgehead atoms. The van der Waals surface area contributed by atoms with Gasteiger partial charge in [-0.2, -0.15) is 0 Å². The van der Waals surface area contributed by atoms with Crippen molar-refractivity contribution >= 4 is 54.8 Å². The number of hydrogen-bond acceptors (Lipinski definition) is 3. The summed E-state index contributed by atoms with van der Waals surface area (Å²) in [5, 5.41) is 2.95. The Morgan fingerprint density at radius 2 is 1.95 bits per heavy atom. The number of benzene rings is 2. The molecule has 1 amide bonds. The minimum Gasteiger partial charge on any atom is -0.326 e. The van der Waals surface area contributed by atoms with Gasteiger partial charge in [-0.25, -0.2) is 8.42 Å². The van der Waals surface area contributed by atoms with Crippen LogP contribution in [0.2, 0.25) is 5.02 Å². The van der Waals surface area contributed by atoms with Crippen molar-refractivity contribution in [2.24, 2.45) is 0 Å². The zero-order chi connectivity index (χ0) is 15.9. The van der Waals surface area contributed by atoms with E-state index in [0.29, 0.717) is 16.9 Å². The highest BCUT2D eigenvalue weighted by atomic mass is 79.9. The first-order valence-electron chi connectivity index (χ1n) is 6.26. The molecule has 0 saturated carbocycles. The Morgan fingerprint density at radius 1 is 1.18 bits per heavy atom. The number of halogens is 2. The highest BCUT2D eigenvalue weighted by molar-refractivity contribution is 9.10. The molecule has 2 aromatic rings. The van der Waals surface area contributed by atoms with Gasteiger partial charge in [0.1, 0.15) is 0 Å². The van der Waals surface area contributed by atoms with Crippen molar-refractivity contribution in [3.8, 4) is 0 Å². The lowest BCUT2D eigenvalue weighted by atomic mass is 10.2. The van der Waals surface area contributed by atoms with Crippen LogP contribution in [0, 0.1) is 0 Å². The number of fused-ring (bicyclic) bond motifs is 1. The van der Waals surface area contributed by atoms with Gasteiger partial charge in [-0.05, 0) is 42.0 Å². The first-order chi connectivity index (χ1) is 10.3. The number of sulfonamides is 1. The Morgan fingerprint density at radius 3 is 2.68 bits per heavy atom. The lowest BCUT2D eigenvalue weighted by Gasteiger charge is -2.11. The Bertz CT molecular complexity index is 884. The number of anilines is 2. The fourth-order valence-electron chi connectivity index (χ4n) is 2.15. The van der Waals surface area contributed by atoms with Crippen LogP contribution in [0.1, 0.15) is 5.56 Å². The molecule has 0 spiro atoms. The number of rotatable bonds is 3. The molecule has 8 heteroatoms. The second kappa shape index (κ2) is 5.57. The van der Waals surface area contributed by atoms with Crippen molar-refractivity contribution < 1.29 is 13.2 Å². The van der Waals surface area contributed by atoms with Crippen LogP contribution in [0.4, 0.5) is 11.4 Å². The Hall–Kier alpha value is -1.57.